The van der Waals surface area contributed by atoms with Crippen LogP contribution in [0.1, 0.15) is 0 Å². The van der Waals surface area contributed by atoms with E-state index in [1.54, 1.807) is 0 Å². The SMILES string of the molecule is [N-]=[N+]=Nc1cnc2cc3ccccc3cc2n1. The Balaban J connectivity index is 2.36. The molecule has 0 unspecified atom stereocenters. The van der Waals surface area contributed by atoms with Crippen molar-refractivity contribution in [3.8, 4) is 0 Å². The van der Waals surface area contributed by atoms with Crippen molar-refractivity contribution in [3.05, 3.63) is 53.0 Å². The van der Waals surface area contributed by atoms with Gasteiger partial charge in [-0.1, -0.05) is 24.3 Å². The van der Waals surface area contributed by atoms with Crippen LogP contribution < -0.4 is 0 Å². The third-order valence-electron chi connectivity index (χ3n) is 2.54. The fourth-order valence-electron chi connectivity index (χ4n) is 1.78. The number of fused-ring (bicyclic) bond motifs is 2. The molecule has 0 aliphatic heterocycles. The Hall–Kier alpha value is -2.65. The van der Waals surface area contributed by atoms with Crippen LogP contribution in [0.4, 0.5) is 5.82 Å². The zero-order chi connectivity index (χ0) is 11.7. The van der Waals surface area contributed by atoms with Gasteiger partial charge in [0, 0.05) is 4.91 Å². The lowest BCUT2D eigenvalue weighted by atomic mass is 10.1. The summed E-state index contributed by atoms with van der Waals surface area (Å²) in [7, 11) is 0. The van der Waals surface area contributed by atoms with E-state index < -0.39 is 0 Å². The largest absolute Gasteiger partial charge is 0.252 e. The average molecular weight is 221 g/mol. The van der Waals surface area contributed by atoms with E-state index in [0.29, 0.717) is 0 Å². The summed E-state index contributed by atoms with van der Waals surface area (Å²) in [6.45, 7) is 0. The Kier molecular flexibility index (Phi) is 2.10. The average Bonchev–Trinajstić information content (AvgIpc) is 2.36. The van der Waals surface area contributed by atoms with Gasteiger partial charge in [0.05, 0.1) is 17.2 Å². The molecule has 0 N–H and O–H groups in total. The molecule has 0 fully saturated rings. The second-order valence-corrected chi connectivity index (χ2v) is 3.61. The molecule has 2 aromatic carbocycles. The van der Waals surface area contributed by atoms with Gasteiger partial charge in [-0.25, -0.2) is 4.98 Å². The van der Waals surface area contributed by atoms with Crippen molar-refractivity contribution in [2.45, 2.75) is 0 Å². The standard InChI is InChI=1S/C12H7N5/c13-17-16-12-7-14-10-5-8-3-1-2-4-9(8)6-11(10)15-12/h1-7H. The number of azide groups is 1. The van der Waals surface area contributed by atoms with Gasteiger partial charge >= 0.3 is 0 Å². The fourth-order valence-corrected chi connectivity index (χ4v) is 1.78. The van der Waals surface area contributed by atoms with Gasteiger partial charge in [-0.2, -0.15) is 0 Å². The smallest absolute Gasteiger partial charge is 0.145 e. The molecule has 80 valence electrons. The fraction of sp³-hybridized carbons (Fsp3) is 0. The molecule has 3 rings (SSSR count). The van der Waals surface area contributed by atoms with E-state index in [2.05, 4.69) is 20.0 Å². The lowest BCUT2D eigenvalue weighted by Gasteiger charge is -2.01. The van der Waals surface area contributed by atoms with Crippen LogP contribution in [0, 0.1) is 0 Å². The van der Waals surface area contributed by atoms with E-state index in [9.17, 15) is 0 Å². The first-order valence-electron chi connectivity index (χ1n) is 5.07. The summed E-state index contributed by atoms with van der Waals surface area (Å²) in [5.41, 5.74) is 9.88. The van der Waals surface area contributed by atoms with Gasteiger partial charge in [-0.3, -0.25) is 4.98 Å². The zero-order valence-electron chi connectivity index (χ0n) is 8.78. The summed E-state index contributed by atoms with van der Waals surface area (Å²) in [5.74, 6) is 0.287. The van der Waals surface area contributed by atoms with Crippen molar-refractivity contribution >= 4 is 27.6 Å². The van der Waals surface area contributed by atoms with Crippen molar-refractivity contribution in [1.82, 2.24) is 9.97 Å². The van der Waals surface area contributed by atoms with Crippen molar-refractivity contribution in [3.63, 3.8) is 0 Å². The van der Waals surface area contributed by atoms with Crippen molar-refractivity contribution < 1.29 is 0 Å². The summed E-state index contributed by atoms with van der Waals surface area (Å²) >= 11 is 0. The van der Waals surface area contributed by atoms with Crippen LogP contribution in [0.2, 0.25) is 0 Å². The molecule has 0 saturated carbocycles. The Morgan fingerprint density at radius 3 is 2.47 bits per heavy atom. The van der Waals surface area contributed by atoms with Crippen molar-refractivity contribution in [1.29, 1.82) is 0 Å². The maximum absolute atomic E-state index is 8.35. The number of hydrogen-bond donors (Lipinski definition) is 0. The summed E-state index contributed by atoms with van der Waals surface area (Å²) in [5, 5.41) is 5.65. The first kappa shape index (κ1) is 9.57. The molecule has 5 nitrogen and oxygen atoms in total. The minimum atomic E-state index is 0.287. The molecular weight excluding hydrogens is 214 g/mol. The Morgan fingerprint density at radius 1 is 1.06 bits per heavy atom. The van der Waals surface area contributed by atoms with E-state index in [4.69, 9.17) is 5.53 Å². The molecule has 3 aromatic rings. The van der Waals surface area contributed by atoms with Crippen LogP contribution in [0.15, 0.2) is 47.7 Å². The summed E-state index contributed by atoms with van der Waals surface area (Å²) in [6, 6.07) is 11.9. The third kappa shape index (κ3) is 1.64. The molecule has 0 radical (unpaired) electrons. The van der Waals surface area contributed by atoms with Crippen LogP contribution in [-0.2, 0) is 0 Å². The predicted octanol–water partition coefficient (Wildman–Crippen LogP) is 3.72. The molecule has 1 aromatic heterocycles. The first-order valence-corrected chi connectivity index (χ1v) is 5.07. The van der Waals surface area contributed by atoms with Crippen LogP contribution in [0.5, 0.6) is 0 Å². The monoisotopic (exact) mass is 221 g/mol. The number of benzene rings is 2. The van der Waals surface area contributed by atoms with Crippen LogP contribution >= 0.6 is 0 Å². The minimum absolute atomic E-state index is 0.287. The molecule has 0 aliphatic rings. The summed E-state index contributed by atoms with van der Waals surface area (Å²) in [4.78, 5) is 11.2. The topological polar surface area (TPSA) is 74.5 Å². The Bertz CT molecular complexity index is 759. The Morgan fingerprint density at radius 2 is 1.76 bits per heavy atom. The number of hydrogen-bond acceptors (Lipinski definition) is 3. The number of nitrogens with zero attached hydrogens (tertiary/aromatic N) is 5. The number of aromatic nitrogens is 2. The maximum Gasteiger partial charge on any atom is 0.145 e. The van der Waals surface area contributed by atoms with Crippen LogP contribution in [-0.4, -0.2) is 9.97 Å². The summed E-state index contributed by atoms with van der Waals surface area (Å²) in [6.07, 6.45) is 1.47. The van der Waals surface area contributed by atoms with Crippen molar-refractivity contribution in [2.24, 2.45) is 5.11 Å². The second kappa shape index (κ2) is 3.73. The van der Waals surface area contributed by atoms with Gasteiger partial charge in [0.2, 0.25) is 0 Å². The molecule has 0 atom stereocenters. The van der Waals surface area contributed by atoms with Crippen LogP contribution in [0.3, 0.4) is 0 Å². The van der Waals surface area contributed by atoms with Gasteiger partial charge in [0.15, 0.2) is 0 Å². The molecule has 17 heavy (non-hydrogen) atoms. The molecule has 0 spiro atoms. The van der Waals surface area contributed by atoms with Crippen LogP contribution in [0.25, 0.3) is 32.2 Å². The van der Waals surface area contributed by atoms with Gasteiger partial charge in [-0.15, -0.1) is 0 Å². The quantitative estimate of drug-likeness (QED) is 0.272. The van der Waals surface area contributed by atoms with E-state index in [1.807, 2.05) is 36.4 Å². The number of rotatable bonds is 1. The van der Waals surface area contributed by atoms with Gasteiger partial charge in [-0.05, 0) is 33.6 Å². The zero-order valence-corrected chi connectivity index (χ0v) is 8.78. The minimum Gasteiger partial charge on any atom is -0.252 e. The predicted molar refractivity (Wildman–Crippen MR) is 65.9 cm³/mol. The highest BCUT2D eigenvalue weighted by molar-refractivity contribution is 5.94. The lowest BCUT2D eigenvalue weighted by Crippen LogP contribution is -1.84. The molecule has 0 bridgehead atoms. The summed E-state index contributed by atoms with van der Waals surface area (Å²) < 4.78 is 0. The van der Waals surface area contributed by atoms with E-state index >= 15 is 0 Å². The normalized spacial score (nSPS) is 10.4. The highest BCUT2D eigenvalue weighted by Gasteiger charge is 2.00. The van der Waals surface area contributed by atoms with E-state index in [0.717, 1.165) is 21.8 Å². The van der Waals surface area contributed by atoms with E-state index in [1.165, 1.54) is 6.20 Å². The second-order valence-electron chi connectivity index (χ2n) is 3.61. The first-order chi connectivity index (χ1) is 8.36. The molecule has 0 saturated heterocycles. The van der Waals surface area contributed by atoms with E-state index in [-0.39, 0.29) is 5.82 Å². The third-order valence-corrected chi connectivity index (χ3v) is 2.54. The van der Waals surface area contributed by atoms with Crippen molar-refractivity contribution in [2.75, 3.05) is 0 Å². The lowest BCUT2D eigenvalue weighted by molar-refractivity contribution is 1.24. The molecule has 1 heterocycles. The molecule has 5 heteroatoms. The van der Waals surface area contributed by atoms with Gasteiger partial charge < -0.3 is 0 Å². The van der Waals surface area contributed by atoms with Gasteiger partial charge in [0.1, 0.15) is 5.82 Å². The Labute approximate surface area is 96.4 Å². The maximum atomic E-state index is 8.35. The molecule has 0 aliphatic carbocycles. The molecular formula is C12H7N5. The van der Waals surface area contributed by atoms with Gasteiger partial charge in [0.25, 0.3) is 0 Å². The highest BCUT2D eigenvalue weighted by atomic mass is 15.2. The molecule has 0 amide bonds. The highest BCUT2D eigenvalue weighted by Crippen LogP contribution is 2.21.